The van der Waals surface area contributed by atoms with E-state index in [0.29, 0.717) is 11.6 Å². The lowest BCUT2D eigenvalue weighted by molar-refractivity contribution is 0.789. The van der Waals surface area contributed by atoms with E-state index in [1.165, 1.54) is 0 Å². The van der Waals surface area contributed by atoms with Gasteiger partial charge in [-0.2, -0.15) is 0 Å². The van der Waals surface area contributed by atoms with Crippen molar-refractivity contribution in [1.82, 2.24) is 20.2 Å². The molecule has 0 unspecified atom stereocenters. The monoisotopic (exact) mass is 309 g/mol. The maximum absolute atomic E-state index is 5.83. The fourth-order valence-electron chi connectivity index (χ4n) is 1.84. The van der Waals surface area contributed by atoms with E-state index in [2.05, 4.69) is 32.7 Å². The second-order valence-electron chi connectivity index (χ2n) is 4.46. The lowest BCUT2D eigenvalue weighted by atomic mass is 10.2. The number of tetrazole rings is 1. The van der Waals surface area contributed by atoms with Crippen LogP contribution in [0.4, 0.5) is 5.69 Å². The second-order valence-corrected chi connectivity index (χ2v) is 4.90. The highest BCUT2D eigenvalue weighted by molar-refractivity contribution is 6.30. The highest BCUT2D eigenvalue weighted by Crippen LogP contribution is 2.11. The molecule has 0 atom stereocenters. The molecule has 0 saturated heterocycles. The van der Waals surface area contributed by atoms with Crippen molar-refractivity contribution < 1.29 is 0 Å². The normalized spacial score (nSPS) is 9.86. The molecule has 0 fully saturated rings. The van der Waals surface area contributed by atoms with E-state index < -0.39 is 0 Å². The van der Waals surface area contributed by atoms with Crippen LogP contribution in [0.3, 0.4) is 0 Å². The zero-order chi connectivity index (χ0) is 15.2. The molecule has 0 aliphatic carbocycles. The lowest BCUT2D eigenvalue weighted by Gasteiger charge is -2.03. The molecule has 0 amide bonds. The van der Waals surface area contributed by atoms with Gasteiger partial charge >= 0.3 is 0 Å². The summed E-state index contributed by atoms with van der Waals surface area (Å²) in [7, 11) is 0. The largest absolute Gasteiger partial charge is 0.374 e. The van der Waals surface area contributed by atoms with E-state index in [-0.39, 0.29) is 0 Å². The number of anilines is 1. The van der Waals surface area contributed by atoms with Gasteiger partial charge in [-0.05, 0) is 59.0 Å². The molecule has 108 valence electrons. The Morgan fingerprint density at radius 3 is 2.50 bits per heavy atom. The molecule has 3 aromatic rings. The van der Waals surface area contributed by atoms with Crippen LogP contribution < -0.4 is 5.32 Å². The van der Waals surface area contributed by atoms with Gasteiger partial charge in [-0.25, -0.2) is 4.68 Å². The first kappa shape index (κ1) is 14.1. The fourth-order valence-corrected chi connectivity index (χ4v) is 1.96. The van der Waals surface area contributed by atoms with Crippen LogP contribution in [0.25, 0.3) is 5.69 Å². The number of aromatic nitrogens is 4. The predicted molar refractivity (Wildman–Crippen MR) is 86.0 cm³/mol. The van der Waals surface area contributed by atoms with Gasteiger partial charge in [-0.3, -0.25) is 0 Å². The number of hydrogen-bond acceptors (Lipinski definition) is 4. The van der Waals surface area contributed by atoms with Gasteiger partial charge in [-0.1, -0.05) is 23.4 Å². The molecule has 0 spiro atoms. The minimum absolute atomic E-state index is 0.562. The van der Waals surface area contributed by atoms with Crippen molar-refractivity contribution in [1.29, 1.82) is 0 Å². The summed E-state index contributed by atoms with van der Waals surface area (Å²) in [5.74, 6) is 6.14. The first-order valence-corrected chi connectivity index (χ1v) is 7.01. The molecule has 2 aromatic carbocycles. The number of nitrogens with one attached hydrogen (secondary N) is 1. The molecule has 0 saturated carbocycles. The number of halogens is 1. The summed E-state index contributed by atoms with van der Waals surface area (Å²) in [6, 6.07) is 15.2. The molecule has 3 rings (SSSR count). The molecule has 0 bridgehead atoms. The summed E-state index contributed by atoms with van der Waals surface area (Å²) < 4.78 is 1.60. The number of benzene rings is 2. The van der Waals surface area contributed by atoms with Crippen molar-refractivity contribution in [3.63, 3.8) is 0 Å². The SMILES string of the molecule is Clc1ccc(C#CCNc2ccc(-n3cnnn3)cc2)cc1. The van der Waals surface area contributed by atoms with Crippen molar-refractivity contribution in [2.24, 2.45) is 0 Å². The summed E-state index contributed by atoms with van der Waals surface area (Å²) >= 11 is 5.83. The van der Waals surface area contributed by atoms with Crippen LogP contribution >= 0.6 is 11.6 Å². The van der Waals surface area contributed by atoms with Gasteiger partial charge in [0.15, 0.2) is 0 Å². The summed E-state index contributed by atoms with van der Waals surface area (Å²) in [5.41, 5.74) is 2.84. The molecular formula is C16H12ClN5. The van der Waals surface area contributed by atoms with Crippen molar-refractivity contribution in [3.8, 4) is 17.5 Å². The van der Waals surface area contributed by atoms with Crippen LogP contribution in [-0.4, -0.2) is 26.8 Å². The Bertz CT molecular complexity index is 783. The van der Waals surface area contributed by atoms with Gasteiger partial charge in [0.1, 0.15) is 6.33 Å². The van der Waals surface area contributed by atoms with Gasteiger partial charge < -0.3 is 5.32 Å². The lowest BCUT2D eigenvalue weighted by Crippen LogP contribution is -2.00. The zero-order valence-corrected chi connectivity index (χ0v) is 12.3. The van der Waals surface area contributed by atoms with Crippen LogP contribution in [0.1, 0.15) is 5.56 Å². The molecule has 0 radical (unpaired) electrons. The molecule has 1 aromatic heterocycles. The zero-order valence-electron chi connectivity index (χ0n) is 11.6. The Morgan fingerprint density at radius 1 is 1.05 bits per heavy atom. The minimum atomic E-state index is 0.562. The van der Waals surface area contributed by atoms with E-state index in [9.17, 15) is 0 Å². The average Bonchev–Trinajstić information content (AvgIpc) is 3.08. The van der Waals surface area contributed by atoms with Gasteiger partial charge in [0.25, 0.3) is 0 Å². The van der Waals surface area contributed by atoms with Crippen LogP contribution in [0.15, 0.2) is 54.9 Å². The van der Waals surface area contributed by atoms with E-state index in [4.69, 9.17) is 11.6 Å². The summed E-state index contributed by atoms with van der Waals surface area (Å²) in [4.78, 5) is 0. The Morgan fingerprint density at radius 2 is 1.82 bits per heavy atom. The summed E-state index contributed by atoms with van der Waals surface area (Å²) in [5, 5.41) is 15.0. The van der Waals surface area contributed by atoms with Crippen molar-refractivity contribution in [2.75, 3.05) is 11.9 Å². The number of nitrogens with zero attached hydrogens (tertiary/aromatic N) is 4. The molecule has 6 heteroatoms. The van der Waals surface area contributed by atoms with Gasteiger partial charge in [0, 0.05) is 16.3 Å². The maximum Gasteiger partial charge on any atom is 0.143 e. The van der Waals surface area contributed by atoms with Crippen LogP contribution in [-0.2, 0) is 0 Å². The first-order valence-electron chi connectivity index (χ1n) is 6.63. The highest BCUT2D eigenvalue weighted by atomic mass is 35.5. The van der Waals surface area contributed by atoms with Crippen LogP contribution in [0.2, 0.25) is 5.02 Å². The highest BCUT2D eigenvalue weighted by Gasteiger charge is 1.97. The van der Waals surface area contributed by atoms with E-state index in [1.54, 1.807) is 11.0 Å². The predicted octanol–water partition coefficient (Wildman–Crippen LogP) is 2.78. The smallest absolute Gasteiger partial charge is 0.143 e. The topological polar surface area (TPSA) is 55.6 Å². The average molecular weight is 310 g/mol. The molecule has 0 aliphatic heterocycles. The second kappa shape index (κ2) is 6.74. The molecule has 5 nitrogen and oxygen atoms in total. The molecule has 1 heterocycles. The third kappa shape index (κ3) is 3.62. The molecule has 0 aliphatic rings. The number of rotatable bonds is 3. The molecule has 1 N–H and O–H groups in total. The van der Waals surface area contributed by atoms with Crippen LogP contribution in [0.5, 0.6) is 0 Å². The van der Waals surface area contributed by atoms with Crippen LogP contribution in [0, 0.1) is 11.8 Å². The van der Waals surface area contributed by atoms with E-state index in [0.717, 1.165) is 16.9 Å². The van der Waals surface area contributed by atoms with Crippen molar-refractivity contribution in [3.05, 3.63) is 65.4 Å². The summed E-state index contributed by atoms with van der Waals surface area (Å²) in [6.07, 6.45) is 1.56. The Kier molecular flexibility index (Phi) is 4.33. The Balaban J connectivity index is 1.57. The quantitative estimate of drug-likeness (QED) is 0.756. The fraction of sp³-hybridized carbons (Fsp3) is 0.0625. The van der Waals surface area contributed by atoms with Crippen molar-refractivity contribution >= 4 is 17.3 Å². The van der Waals surface area contributed by atoms with Crippen molar-refractivity contribution in [2.45, 2.75) is 0 Å². The standard InChI is InChI=1S/C16H12ClN5/c17-14-5-3-13(4-6-14)2-1-11-18-15-7-9-16(10-8-15)22-12-19-20-21-22/h3-10,12,18H,11H2. The Hall–Kier alpha value is -2.84. The maximum atomic E-state index is 5.83. The van der Waals surface area contributed by atoms with Gasteiger partial charge in [0.2, 0.25) is 0 Å². The van der Waals surface area contributed by atoms with Gasteiger partial charge in [-0.15, -0.1) is 5.10 Å². The Labute approximate surface area is 132 Å². The minimum Gasteiger partial charge on any atom is -0.374 e. The first-order chi connectivity index (χ1) is 10.8. The molecular weight excluding hydrogens is 298 g/mol. The third-order valence-corrected chi connectivity index (χ3v) is 3.19. The van der Waals surface area contributed by atoms with E-state index >= 15 is 0 Å². The summed E-state index contributed by atoms with van der Waals surface area (Å²) in [6.45, 7) is 0.562. The molecule has 22 heavy (non-hydrogen) atoms. The third-order valence-electron chi connectivity index (χ3n) is 2.94. The van der Waals surface area contributed by atoms with Gasteiger partial charge in [0.05, 0.1) is 12.2 Å². The van der Waals surface area contributed by atoms with E-state index in [1.807, 2.05) is 48.5 Å². The number of hydrogen-bond donors (Lipinski definition) is 1.